The summed E-state index contributed by atoms with van der Waals surface area (Å²) >= 11 is 0. The van der Waals surface area contributed by atoms with Crippen LogP contribution in [0.2, 0.25) is 0 Å². The molecular formula is C17H26F2N4O4. The number of nitrogens with one attached hydrogen (secondary N) is 1. The molecule has 8 nitrogen and oxygen atoms in total. The highest BCUT2D eigenvalue weighted by atomic mass is 19.3. The van der Waals surface area contributed by atoms with Crippen LogP contribution in [0.15, 0.2) is 0 Å². The van der Waals surface area contributed by atoms with E-state index in [9.17, 15) is 28.3 Å². The molecular weight excluding hydrogens is 362 g/mol. The second-order valence-electron chi connectivity index (χ2n) is 7.80. The van der Waals surface area contributed by atoms with E-state index in [4.69, 9.17) is 0 Å². The number of hydrogen-bond donors (Lipinski definition) is 2. The van der Waals surface area contributed by atoms with Gasteiger partial charge in [-0.1, -0.05) is 0 Å². The fourth-order valence-corrected chi connectivity index (χ4v) is 3.91. The van der Waals surface area contributed by atoms with Gasteiger partial charge in [0.25, 0.3) is 5.92 Å². The van der Waals surface area contributed by atoms with Crippen LogP contribution in [0.4, 0.5) is 13.6 Å². The van der Waals surface area contributed by atoms with Gasteiger partial charge in [0.05, 0.1) is 5.60 Å². The lowest BCUT2D eigenvalue weighted by Crippen LogP contribution is -2.48. The lowest BCUT2D eigenvalue weighted by Gasteiger charge is -2.37. The van der Waals surface area contributed by atoms with Gasteiger partial charge in [-0.05, 0) is 19.3 Å². The average Bonchev–Trinajstić information content (AvgIpc) is 2.78. The Balaban J connectivity index is 1.50. The second-order valence-corrected chi connectivity index (χ2v) is 7.80. The zero-order valence-electron chi connectivity index (χ0n) is 15.3. The molecule has 0 bridgehead atoms. The number of likely N-dealkylation sites (tertiary alicyclic amines) is 2. The standard InChI is InChI=1S/C17H26F2N4O4/c18-17(19)4-7-21(8-5-17)12-16(27)2-1-6-22(9-3-16)14(25)11-23-10-13(24)20-15(23)26/h27H,1-12H2,(H,20,24,26). The Morgan fingerprint density at radius 2 is 1.78 bits per heavy atom. The van der Waals surface area contributed by atoms with E-state index in [1.54, 1.807) is 4.90 Å². The van der Waals surface area contributed by atoms with Crippen molar-refractivity contribution in [3.8, 4) is 0 Å². The summed E-state index contributed by atoms with van der Waals surface area (Å²) < 4.78 is 26.6. The Kier molecular flexibility index (Phi) is 5.66. The van der Waals surface area contributed by atoms with Gasteiger partial charge in [0.15, 0.2) is 0 Å². The zero-order valence-corrected chi connectivity index (χ0v) is 15.3. The zero-order chi connectivity index (χ0) is 19.7. The van der Waals surface area contributed by atoms with Gasteiger partial charge in [0.1, 0.15) is 13.1 Å². The average molecular weight is 388 g/mol. The van der Waals surface area contributed by atoms with Gasteiger partial charge < -0.3 is 19.8 Å². The number of amides is 4. The normalized spacial score (nSPS) is 29.6. The molecule has 1 unspecified atom stereocenters. The van der Waals surface area contributed by atoms with Gasteiger partial charge in [-0.25, -0.2) is 13.6 Å². The van der Waals surface area contributed by atoms with Crippen molar-refractivity contribution >= 4 is 17.8 Å². The number of piperidine rings is 1. The lowest BCUT2D eigenvalue weighted by molar-refractivity contribution is -0.132. The van der Waals surface area contributed by atoms with Gasteiger partial charge in [-0.15, -0.1) is 0 Å². The largest absolute Gasteiger partial charge is 0.388 e. The van der Waals surface area contributed by atoms with Crippen LogP contribution in [-0.4, -0.2) is 95.0 Å². The summed E-state index contributed by atoms with van der Waals surface area (Å²) in [7, 11) is 0. The van der Waals surface area contributed by atoms with Gasteiger partial charge in [-0.2, -0.15) is 0 Å². The number of halogens is 2. The monoisotopic (exact) mass is 388 g/mol. The number of hydrogen-bond acceptors (Lipinski definition) is 5. The second kappa shape index (κ2) is 7.67. The molecule has 3 aliphatic rings. The summed E-state index contributed by atoms with van der Waals surface area (Å²) in [5, 5.41) is 13.0. The van der Waals surface area contributed by atoms with Crippen LogP contribution < -0.4 is 5.32 Å². The van der Waals surface area contributed by atoms with E-state index in [-0.39, 0.29) is 44.9 Å². The molecule has 3 heterocycles. The minimum atomic E-state index is -2.62. The molecule has 152 valence electrons. The highest BCUT2D eigenvalue weighted by Gasteiger charge is 2.39. The molecule has 2 N–H and O–H groups in total. The molecule has 1 atom stereocenters. The number of alkyl halides is 2. The quantitative estimate of drug-likeness (QED) is 0.662. The Hall–Kier alpha value is -1.81. The van der Waals surface area contributed by atoms with Crippen molar-refractivity contribution in [2.45, 2.75) is 43.6 Å². The van der Waals surface area contributed by atoms with Crippen molar-refractivity contribution in [1.29, 1.82) is 0 Å². The van der Waals surface area contributed by atoms with Crippen LogP contribution in [-0.2, 0) is 9.59 Å². The van der Waals surface area contributed by atoms with Crippen LogP contribution in [0.3, 0.4) is 0 Å². The third kappa shape index (κ3) is 5.13. The van der Waals surface area contributed by atoms with Crippen molar-refractivity contribution in [2.24, 2.45) is 0 Å². The molecule has 3 saturated heterocycles. The highest BCUT2D eigenvalue weighted by molar-refractivity contribution is 6.03. The fraction of sp³-hybridized carbons (Fsp3) is 0.824. The number of carbonyl (C=O) groups excluding carboxylic acids is 3. The molecule has 27 heavy (non-hydrogen) atoms. The predicted octanol–water partition coefficient (Wildman–Crippen LogP) is 0.0129. The Bertz CT molecular complexity index is 608. The van der Waals surface area contributed by atoms with E-state index in [0.29, 0.717) is 38.9 Å². The molecule has 4 amide bonds. The van der Waals surface area contributed by atoms with E-state index >= 15 is 0 Å². The molecule has 0 saturated carbocycles. The van der Waals surface area contributed by atoms with E-state index in [1.807, 2.05) is 4.90 Å². The third-order valence-electron chi connectivity index (χ3n) is 5.57. The van der Waals surface area contributed by atoms with Crippen LogP contribution in [0.25, 0.3) is 0 Å². The third-order valence-corrected chi connectivity index (χ3v) is 5.57. The maximum Gasteiger partial charge on any atom is 0.325 e. The van der Waals surface area contributed by atoms with E-state index < -0.39 is 23.5 Å². The number of nitrogens with zero attached hydrogens (tertiary/aromatic N) is 3. The minimum absolute atomic E-state index is 0.123. The molecule has 0 aromatic carbocycles. The highest BCUT2D eigenvalue weighted by Crippen LogP contribution is 2.30. The van der Waals surface area contributed by atoms with Gasteiger partial charge in [-0.3, -0.25) is 14.9 Å². The SMILES string of the molecule is O=C1CN(CC(=O)N2CCCC(O)(CN3CCC(F)(F)CC3)CC2)C(=O)N1. The van der Waals surface area contributed by atoms with Gasteiger partial charge >= 0.3 is 6.03 Å². The van der Waals surface area contributed by atoms with Gasteiger partial charge in [0.2, 0.25) is 11.8 Å². The van der Waals surface area contributed by atoms with E-state index in [2.05, 4.69) is 5.32 Å². The molecule has 0 spiro atoms. The molecule has 3 rings (SSSR count). The summed E-state index contributed by atoms with van der Waals surface area (Å²) in [4.78, 5) is 39.9. The summed E-state index contributed by atoms with van der Waals surface area (Å²) in [6, 6.07) is -0.568. The van der Waals surface area contributed by atoms with Crippen molar-refractivity contribution in [3.63, 3.8) is 0 Å². The van der Waals surface area contributed by atoms with Crippen molar-refractivity contribution in [3.05, 3.63) is 0 Å². The minimum Gasteiger partial charge on any atom is -0.388 e. The van der Waals surface area contributed by atoms with Crippen LogP contribution in [0.1, 0.15) is 32.1 Å². The molecule has 0 radical (unpaired) electrons. The maximum atomic E-state index is 13.3. The van der Waals surface area contributed by atoms with Crippen molar-refractivity contribution in [1.82, 2.24) is 20.0 Å². The predicted molar refractivity (Wildman–Crippen MR) is 91.1 cm³/mol. The Morgan fingerprint density at radius 3 is 2.41 bits per heavy atom. The number of urea groups is 1. The molecule has 3 aliphatic heterocycles. The van der Waals surface area contributed by atoms with Gasteiger partial charge in [0, 0.05) is 45.6 Å². The van der Waals surface area contributed by atoms with E-state index in [1.165, 1.54) is 0 Å². The smallest absolute Gasteiger partial charge is 0.325 e. The molecule has 0 aromatic heterocycles. The van der Waals surface area contributed by atoms with Crippen LogP contribution in [0, 0.1) is 0 Å². The Labute approximate surface area is 156 Å². The van der Waals surface area contributed by atoms with Crippen LogP contribution >= 0.6 is 0 Å². The first-order valence-corrected chi connectivity index (χ1v) is 9.35. The summed E-state index contributed by atoms with van der Waals surface area (Å²) in [6.45, 7) is 1.35. The Morgan fingerprint density at radius 1 is 1.07 bits per heavy atom. The van der Waals surface area contributed by atoms with Crippen LogP contribution in [0.5, 0.6) is 0 Å². The van der Waals surface area contributed by atoms with Crippen molar-refractivity contribution in [2.75, 3.05) is 45.8 Å². The molecule has 10 heteroatoms. The number of rotatable bonds is 4. The number of aliphatic hydroxyl groups is 1. The molecule has 0 aromatic rings. The summed E-state index contributed by atoms with van der Waals surface area (Å²) in [5.41, 5.74) is -1.01. The topological polar surface area (TPSA) is 93.2 Å². The molecule has 3 fully saturated rings. The number of imide groups is 1. The first-order chi connectivity index (χ1) is 12.7. The number of carbonyl (C=O) groups is 3. The van der Waals surface area contributed by atoms with E-state index in [0.717, 1.165) is 4.90 Å². The number of β-amino-alcohol motifs (C(OH)–C–C–N with tert-alkyl or cyclic N) is 1. The molecule has 0 aliphatic carbocycles. The maximum absolute atomic E-state index is 13.3. The van der Waals surface area contributed by atoms with Crippen molar-refractivity contribution < 1.29 is 28.3 Å². The fourth-order valence-electron chi connectivity index (χ4n) is 3.91. The first-order valence-electron chi connectivity index (χ1n) is 9.35. The lowest BCUT2D eigenvalue weighted by atomic mass is 9.93. The summed E-state index contributed by atoms with van der Waals surface area (Å²) in [5.74, 6) is -3.30. The first kappa shape index (κ1) is 19.9. The summed E-state index contributed by atoms with van der Waals surface area (Å²) in [6.07, 6.45) is 1.06.